The van der Waals surface area contributed by atoms with Crippen LogP contribution in [0.25, 0.3) is 0 Å². The van der Waals surface area contributed by atoms with Gasteiger partial charge in [-0.2, -0.15) is 0 Å². The molecule has 0 bridgehead atoms. The van der Waals surface area contributed by atoms with Gasteiger partial charge in [0.25, 0.3) is 0 Å². The normalized spacial score (nSPS) is 20.4. The minimum Gasteiger partial charge on any atom is -0.466 e. The number of ketones is 2. The third-order valence-electron chi connectivity index (χ3n) is 4.17. The molecule has 1 aliphatic carbocycles. The topological polar surface area (TPSA) is 60.4 Å². The van der Waals surface area contributed by atoms with Crippen LogP contribution in [0.5, 0.6) is 0 Å². The molecular formula is C18H28O4. The van der Waals surface area contributed by atoms with Gasteiger partial charge in [0.05, 0.1) is 6.61 Å². The van der Waals surface area contributed by atoms with Crippen molar-refractivity contribution >= 4 is 17.5 Å². The zero-order valence-corrected chi connectivity index (χ0v) is 13.8. The number of carbonyl (C=O) groups excluding carboxylic acids is 3. The summed E-state index contributed by atoms with van der Waals surface area (Å²) in [7, 11) is 0. The lowest BCUT2D eigenvalue weighted by molar-refractivity contribution is -0.143. The second-order valence-corrected chi connectivity index (χ2v) is 6.03. The number of ether oxygens (including phenoxy) is 1. The smallest absolute Gasteiger partial charge is 0.305 e. The molecule has 0 radical (unpaired) electrons. The number of unbranched alkanes of at least 4 members (excludes halogenated alkanes) is 3. The van der Waals surface area contributed by atoms with Crippen molar-refractivity contribution < 1.29 is 19.1 Å². The first-order valence-corrected chi connectivity index (χ1v) is 8.41. The van der Waals surface area contributed by atoms with Crippen LogP contribution in [-0.2, 0) is 19.1 Å². The predicted molar refractivity (Wildman–Crippen MR) is 85.4 cm³/mol. The molecule has 0 saturated carbocycles. The lowest BCUT2D eigenvalue weighted by atomic mass is 9.86. The molecule has 2 atom stereocenters. The van der Waals surface area contributed by atoms with E-state index in [1.54, 1.807) is 13.0 Å². The molecular weight excluding hydrogens is 280 g/mol. The molecule has 0 saturated heterocycles. The first-order valence-electron chi connectivity index (χ1n) is 8.41. The maximum Gasteiger partial charge on any atom is 0.305 e. The fourth-order valence-corrected chi connectivity index (χ4v) is 2.93. The second-order valence-electron chi connectivity index (χ2n) is 6.03. The van der Waals surface area contributed by atoms with E-state index in [1.807, 2.05) is 13.0 Å². The zero-order chi connectivity index (χ0) is 16.4. The molecule has 0 aromatic carbocycles. The lowest BCUT2D eigenvalue weighted by Crippen LogP contribution is -2.16. The molecule has 4 heteroatoms. The van der Waals surface area contributed by atoms with E-state index < -0.39 is 0 Å². The van der Waals surface area contributed by atoms with Crippen LogP contribution in [0.1, 0.15) is 65.2 Å². The minimum absolute atomic E-state index is 0.0596. The van der Waals surface area contributed by atoms with Gasteiger partial charge in [0.2, 0.25) is 0 Å². The fourth-order valence-electron chi connectivity index (χ4n) is 2.93. The SMILES string of the molecule is CCOC(=O)CCCCCC[C@@H]1C(=O)C=C[C@@H]1CCC(C)=O. The van der Waals surface area contributed by atoms with E-state index >= 15 is 0 Å². The average Bonchev–Trinajstić information content (AvgIpc) is 2.81. The van der Waals surface area contributed by atoms with Crippen molar-refractivity contribution in [3.63, 3.8) is 0 Å². The van der Waals surface area contributed by atoms with Crippen molar-refractivity contribution in [2.24, 2.45) is 11.8 Å². The van der Waals surface area contributed by atoms with Gasteiger partial charge in [-0.25, -0.2) is 0 Å². The summed E-state index contributed by atoms with van der Waals surface area (Å²) >= 11 is 0. The number of esters is 1. The van der Waals surface area contributed by atoms with Gasteiger partial charge in [-0.1, -0.05) is 25.3 Å². The van der Waals surface area contributed by atoms with Crippen molar-refractivity contribution in [2.75, 3.05) is 6.61 Å². The zero-order valence-electron chi connectivity index (χ0n) is 13.8. The van der Waals surface area contributed by atoms with Gasteiger partial charge < -0.3 is 9.53 Å². The highest BCUT2D eigenvalue weighted by atomic mass is 16.5. The standard InChI is InChI=1S/C18H28O4/c1-3-22-18(21)9-7-5-4-6-8-16-15(11-10-14(2)19)12-13-17(16)20/h12-13,15-16H,3-11H2,1-2H3/t15-,16-/m0/s1. The van der Waals surface area contributed by atoms with Crippen molar-refractivity contribution in [2.45, 2.75) is 65.2 Å². The Balaban J connectivity index is 2.15. The van der Waals surface area contributed by atoms with E-state index in [-0.39, 0.29) is 29.4 Å². The highest BCUT2D eigenvalue weighted by Crippen LogP contribution is 2.31. The average molecular weight is 308 g/mol. The van der Waals surface area contributed by atoms with Gasteiger partial charge >= 0.3 is 5.97 Å². The Hall–Kier alpha value is -1.45. The van der Waals surface area contributed by atoms with Crippen LogP contribution < -0.4 is 0 Å². The Kier molecular flexibility index (Phi) is 8.71. The summed E-state index contributed by atoms with van der Waals surface area (Å²) in [4.78, 5) is 34.1. The molecule has 4 nitrogen and oxygen atoms in total. The summed E-state index contributed by atoms with van der Waals surface area (Å²) in [5.74, 6) is 0.563. The van der Waals surface area contributed by atoms with Crippen molar-refractivity contribution in [3.8, 4) is 0 Å². The molecule has 0 aromatic rings. The minimum atomic E-state index is -0.123. The Morgan fingerprint density at radius 2 is 1.82 bits per heavy atom. The first kappa shape index (κ1) is 18.6. The molecule has 22 heavy (non-hydrogen) atoms. The monoisotopic (exact) mass is 308 g/mol. The van der Waals surface area contributed by atoms with E-state index in [4.69, 9.17) is 4.74 Å². The summed E-state index contributed by atoms with van der Waals surface area (Å²) in [6, 6.07) is 0. The van der Waals surface area contributed by atoms with E-state index in [0.717, 1.165) is 38.5 Å². The van der Waals surface area contributed by atoms with Crippen molar-refractivity contribution in [1.82, 2.24) is 0 Å². The quantitative estimate of drug-likeness (QED) is 0.432. The van der Waals surface area contributed by atoms with Gasteiger partial charge in [0.15, 0.2) is 5.78 Å². The number of allylic oxidation sites excluding steroid dienone is 2. The Bertz CT molecular complexity index is 411. The molecule has 0 heterocycles. The molecule has 0 fully saturated rings. The molecule has 0 spiro atoms. The molecule has 0 N–H and O–H groups in total. The summed E-state index contributed by atoms with van der Waals surface area (Å²) < 4.78 is 4.88. The van der Waals surface area contributed by atoms with E-state index in [2.05, 4.69) is 0 Å². The van der Waals surface area contributed by atoms with Crippen LogP contribution >= 0.6 is 0 Å². The third-order valence-corrected chi connectivity index (χ3v) is 4.17. The van der Waals surface area contributed by atoms with Crippen LogP contribution in [0.15, 0.2) is 12.2 Å². The summed E-state index contributed by atoms with van der Waals surface area (Å²) in [5, 5.41) is 0. The number of hydrogen-bond acceptors (Lipinski definition) is 4. The molecule has 0 unspecified atom stereocenters. The maximum atomic E-state index is 11.9. The van der Waals surface area contributed by atoms with Crippen LogP contribution in [0.4, 0.5) is 0 Å². The highest BCUT2D eigenvalue weighted by Gasteiger charge is 2.29. The van der Waals surface area contributed by atoms with E-state index in [9.17, 15) is 14.4 Å². The summed E-state index contributed by atoms with van der Waals surface area (Å²) in [6.07, 6.45) is 10.2. The fraction of sp³-hybridized carbons (Fsp3) is 0.722. The Labute approximate surface area is 133 Å². The number of carbonyl (C=O) groups is 3. The molecule has 1 rings (SSSR count). The van der Waals surface area contributed by atoms with Gasteiger partial charge in [-0.3, -0.25) is 9.59 Å². The second kappa shape index (κ2) is 10.3. The molecule has 0 aromatic heterocycles. The molecule has 0 amide bonds. The van der Waals surface area contributed by atoms with Crippen LogP contribution in [0, 0.1) is 11.8 Å². The highest BCUT2D eigenvalue weighted by molar-refractivity contribution is 5.94. The van der Waals surface area contributed by atoms with Crippen LogP contribution in [0.3, 0.4) is 0 Å². The largest absolute Gasteiger partial charge is 0.466 e. The van der Waals surface area contributed by atoms with E-state index in [1.165, 1.54) is 0 Å². The van der Waals surface area contributed by atoms with Gasteiger partial charge in [0, 0.05) is 18.8 Å². The van der Waals surface area contributed by atoms with Gasteiger partial charge in [-0.05, 0) is 45.1 Å². The van der Waals surface area contributed by atoms with Crippen LogP contribution in [0.2, 0.25) is 0 Å². The number of Topliss-reactive ketones (excluding diaryl/α,β-unsaturated/α-hetero) is 1. The third kappa shape index (κ3) is 7.01. The molecule has 0 aliphatic heterocycles. The van der Waals surface area contributed by atoms with Crippen molar-refractivity contribution in [3.05, 3.63) is 12.2 Å². The van der Waals surface area contributed by atoms with E-state index in [0.29, 0.717) is 19.4 Å². The first-order chi connectivity index (χ1) is 10.5. The Morgan fingerprint density at radius 3 is 2.50 bits per heavy atom. The summed E-state index contributed by atoms with van der Waals surface area (Å²) in [6.45, 7) is 3.85. The molecule has 124 valence electrons. The lowest BCUT2D eigenvalue weighted by Gasteiger charge is -2.17. The number of rotatable bonds is 11. The number of hydrogen-bond donors (Lipinski definition) is 0. The maximum absolute atomic E-state index is 11.9. The summed E-state index contributed by atoms with van der Waals surface area (Å²) in [5.41, 5.74) is 0. The Morgan fingerprint density at radius 1 is 1.09 bits per heavy atom. The van der Waals surface area contributed by atoms with Crippen molar-refractivity contribution in [1.29, 1.82) is 0 Å². The van der Waals surface area contributed by atoms with Gasteiger partial charge in [0.1, 0.15) is 5.78 Å². The predicted octanol–water partition coefficient (Wildman–Crippen LogP) is 3.63. The molecule has 1 aliphatic rings. The van der Waals surface area contributed by atoms with Crippen LogP contribution in [-0.4, -0.2) is 24.1 Å². The van der Waals surface area contributed by atoms with Gasteiger partial charge in [-0.15, -0.1) is 0 Å².